The largest absolute Gasteiger partial charge is 0.396 e. The summed E-state index contributed by atoms with van der Waals surface area (Å²) in [7, 11) is 0. The molecule has 0 spiro atoms. The molecule has 0 radical (unpaired) electrons. The van der Waals surface area contributed by atoms with Crippen LogP contribution in [0.2, 0.25) is 0 Å². The van der Waals surface area contributed by atoms with Gasteiger partial charge >= 0.3 is 0 Å². The van der Waals surface area contributed by atoms with Crippen LogP contribution in [0.4, 0.5) is 0 Å². The van der Waals surface area contributed by atoms with Gasteiger partial charge in [-0.15, -0.1) is 0 Å². The molecular formula is C14H29NO. The van der Waals surface area contributed by atoms with E-state index in [1.165, 1.54) is 12.8 Å². The maximum Gasteiger partial charge on any atom is 0.0499 e. The summed E-state index contributed by atoms with van der Waals surface area (Å²) >= 11 is 0. The smallest absolute Gasteiger partial charge is 0.0499 e. The SMILES string of the molecule is CCC(CC)(CO)CNC(C(C)C)C1CC1. The zero-order chi connectivity index (χ0) is 12.2. The minimum absolute atomic E-state index is 0.0992. The Morgan fingerprint density at radius 3 is 2.12 bits per heavy atom. The molecule has 0 aliphatic heterocycles. The van der Waals surface area contributed by atoms with Crippen molar-refractivity contribution in [3.05, 3.63) is 0 Å². The maximum absolute atomic E-state index is 9.54. The minimum Gasteiger partial charge on any atom is -0.396 e. The van der Waals surface area contributed by atoms with Crippen molar-refractivity contribution in [1.82, 2.24) is 5.32 Å². The lowest BCUT2D eigenvalue weighted by molar-refractivity contribution is 0.105. The quantitative estimate of drug-likeness (QED) is 0.668. The molecule has 96 valence electrons. The van der Waals surface area contributed by atoms with Crippen LogP contribution in [-0.4, -0.2) is 24.3 Å². The normalized spacial score (nSPS) is 19.1. The molecule has 1 aliphatic rings. The van der Waals surface area contributed by atoms with Crippen LogP contribution in [0.1, 0.15) is 53.4 Å². The average Bonchev–Trinajstić information content (AvgIpc) is 3.09. The molecule has 1 atom stereocenters. The summed E-state index contributed by atoms with van der Waals surface area (Å²) in [5.74, 6) is 1.60. The van der Waals surface area contributed by atoms with Gasteiger partial charge in [0.25, 0.3) is 0 Å². The molecule has 0 heterocycles. The van der Waals surface area contributed by atoms with Gasteiger partial charge in [-0.1, -0.05) is 27.7 Å². The summed E-state index contributed by atoms with van der Waals surface area (Å²) in [6.07, 6.45) is 4.89. The van der Waals surface area contributed by atoms with E-state index in [2.05, 4.69) is 33.0 Å². The van der Waals surface area contributed by atoms with Crippen molar-refractivity contribution in [3.8, 4) is 0 Å². The van der Waals surface area contributed by atoms with Crippen LogP contribution in [0.15, 0.2) is 0 Å². The monoisotopic (exact) mass is 227 g/mol. The second-order valence-electron chi connectivity index (χ2n) is 5.85. The highest BCUT2D eigenvalue weighted by Crippen LogP contribution is 2.36. The molecule has 1 fully saturated rings. The molecule has 1 rings (SSSR count). The molecule has 1 saturated carbocycles. The number of nitrogens with one attached hydrogen (secondary N) is 1. The van der Waals surface area contributed by atoms with E-state index in [4.69, 9.17) is 0 Å². The fourth-order valence-corrected chi connectivity index (χ4v) is 2.52. The third kappa shape index (κ3) is 3.46. The molecule has 0 amide bonds. The first-order chi connectivity index (χ1) is 7.58. The lowest BCUT2D eigenvalue weighted by Crippen LogP contribution is -2.44. The average molecular weight is 227 g/mol. The van der Waals surface area contributed by atoms with Crippen LogP contribution in [0.3, 0.4) is 0 Å². The van der Waals surface area contributed by atoms with Crippen LogP contribution in [-0.2, 0) is 0 Å². The lowest BCUT2D eigenvalue weighted by atomic mass is 9.82. The van der Waals surface area contributed by atoms with E-state index >= 15 is 0 Å². The Morgan fingerprint density at radius 1 is 1.25 bits per heavy atom. The van der Waals surface area contributed by atoms with Crippen LogP contribution >= 0.6 is 0 Å². The number of aliphatic hydroxyl groups is 1. The first kappa shape index (κ1) is 14.0. The summed E-state index contributed by atoms with van der Waals surface area (Å²) < 4.78 is 0. The Balaban J connectivity index is 2.45. The van der Waals surface area contributed by atoms with Gasteiger partial charge < -0.3 is 10.4 Å². The fourth-order valence-electron chi connectivity index (χ4n) is 2.52. The summed E-state index contributed by atoms with van der Waals surface area (Å²) in [5.41, 5.74) is 0.0992. The first-order valence-corrected chi connectivity index (χ1v) is 6.92. The Labute approximate surface area is 101 Å². The van der Waals surface area contributed by atoms with Crippen LogP contribution in [0, 0.1) is 17.3 Å². The molecule has 0 saturated heterocycles. The van der Waals surface area contributed by atoms with Crippen molar-refractivity contribution in [2.75, 3.05) is 13.2 Å². The Bertz CT molecular complexity index is 185. The van der Waals surface area contributed by atoms with Gasteiger partial charge in [-0.25, -0.2) is 0 Å². The number of hydrogen-bond donors (Lipinski definition) is 2. The summed E-state index contributed by atoms with van der Waals surface area (Å²) in [5, 5.41) is 13.3. The predicted molar refractivity (Wildman–Crippen MR) is 69.5 cm³/mol. The molecule has 1 unspecified atom stereocenters. The topological polar surface area (TPSA) is 32.3 Å². The third-order valence-electron chi connectivity index (χ3n) is 4.40. The number of hydrogen-bond acceptors (Lipinski definition) is 2. The molecule has 2 nitrogen and oxygen atoms in total. The molecule has 1 aliphatic carbocycles. The standard InChI is InChI=1S/C14H29NO/c1-5-14(6-2,10-16)9-15-13(11(3)4)12-7-8-12/h11-13,15-16H,5-10H2,1-4H3. The van der Waals surface area contributed by atoms with Gasteiger partial charge in [0.15, 0.2) is 0 Å². The van der Waals surface area contributed by atoms with Gasteiger partial charge in [0.05, 0.1) is 0 Å². The van der Waals surface area contributed by atoms with Gasteiger partial charge in [0.1, 0.15) is 0 Å². The van der Waals surface area contributed by atoms with Crippen molar-refractivity contribution in [2.45, 2.75) is 59.4 Å². The van der Waals surface area contributed by atoms with Crippen molar-refractivity contribution in [1.29, 1.82) is 0 Å². The highest BCUT2D eigenvalue weighted by molar-refractivity contribution is 4.90. The molecular weight excluding hydrogens is 198 g/mol. The molecule has 0 aromatic rings. The molecule has 2 N–H and O–H groups in total. The number of aliphatic hydroxyl groups excluding tert-OH is 1. The van der Waals surface area contributed by atoms with E-state index < -0.39 is 0 Å². The van der Waals surface area contributed by atoms with E-state index in [1.807, 2.05) is 0 Å². The second kappa shape index (κ2) is 6.02. The summed E-state index contributed by atoms with van der Waals surface area (Å²) in [6.45, 7) is 10.2. The van der Waals surface area contributed by atoms with E-state index in [0.29, 0.717) is 18.6 Å². The van der Waals surface area contributed by atoms with Crippen LogP contribution in [0.5, 0.6) is 0 Å². The van der Waals surface area contributed by atoms with E-state index in [-0.39, 0.29) is 5.41 Å². The zero-order valence-corrected chi connectivity index (χ0v) is 11.4. The van der Waals surface area contributed by atoms with Gasteiger partial charge in [0.2, 0.25) is 0 Å². The maximum atomic E-state index is 9.54. The predicted octanol–water partition coefficient (Wildman–Crippen LogP) is 2.81. The molecule has 0 aromatic heterocycles. The van der Waals surface area contributed by atoms with E-state index in [0.717, 1.165) is 25.3 Å². The van der Waals surface area contributed by atoms with Gasteiger partial charge in [-0.3, -0.25) is 0 Å². The fraction of sp³-hybridized carbons (Fsp3) is 1.00. The Morgan fingerprint density at radius 2 is 1.81 bits per heavy atom. The van der Waals surface area contributed by atoms with Crippen LogP contribution in [0.25, 0.3) is 0 Å². The minimum atomic E-state index is 0.0992. The molecule has 2 heteroatoms. The van der Waals surface area contributed by atoms with Crippen molar-refractivity contribution < 1.29 is 5.11 Å². The van der Waals surface area contributed by atoms with Gasteiger partial charge in [0, 0.05) is 24.6 Å². The van der Waals surface area contributed by atoms with Crippen LogP contribution < -0.4 is 5.32 Å². The highest BCUT2D eigenvalue weighted by Gasteiger charge is 2.34. The third-order valence-corrected chi connectivity index (χ3v) is 4.40. The lowest BCUT2D eigenvalue weighted by Gasteiger charge is -2.33. The molecule has 0 bridgehead atoms. The molecule has 16 heavy (non-hydrogen) atoms. The second-order valence-corrected chi connectivity index (χ2v) is 5.85. The summed E-state index contributed by atoms with van der Waals surface area (Å²) in [6, 6.07) is 0.657. The van der Waals surface area contributed by atoms with E-state index in [1.54, 1.807) is 0 Å². The highest BCUT2D eigenvalue weighted by atomic mass is 16.3. The Hall–Kier alpha value is -0.0800. The Kier molecular flexibility index (Phi) is 5.26. The number of rotatable bonds is 8. The molecule has 0 aromatic carbocycles. The van der Waals surface area contributed by atoms with Crippen molar-refractivity contribution in [2.24, 2.45) is 17.3 Å². The zero-order valence-electron chi connectivity index (χ0n) is 11.4. The van der Waals surface area contributed by atoms with Crippen molar-refractivity contribution in [3.63, 3.8) is 0 Å². The van der Waals surface area contributed by atoms with Crippen molar-refractivity contribution >= 4 is 0 Å². The van der Waals surface area contributed by atoms with Gasteiger partial charge in [-0.2, -0.15) is 0 Å². The first-order valence-electron chi connectivity index (χ1n) is 6.92. The summed E-state index contributed by atoms with van der Waals surface area (Å²) in [4.78, 5) is 0. The van der Waals surface area contributed by atoms with Gasteiger partial charge in [-0.05, 0) is 37.5 Å². The van der Waals surface area contributed by atoms with E-state index in [9.17, 15) is 5.11 Å².